The van der Waals surface area contributed by atoms with Crippen LogP contribution >= 0.6 is 0 Å². The van der Waals surface area contributed by atoms with Crippen LogP contribution in [0.5, 0.6) is 0 Å². The van der Waals surface area contributed by atoms with Crippen LogP contribution in [-0.2, 0) is 4.74 Å². The molecule has 2 aliphatic heterocycles. The molecule has 38 heavy (non-hydrogen) atoms. The van der Waals surface area contributed by atoms with Crippen LogP contribution in [0.4, 0.5) is 0 Å². The van der Waals surface area contributed by atoms with E-state index in [0.717, 1.165) is 36.3 Å². The van der Waals surface area contributed by atoms with E-state index in [1.165, 1.54) is 55.4 Å². The molecule has 6 nitrogen and oxygen atoms in total. The summed E-state index contributed by atoms with van der Waals surface area (Å²) in [6.45, 7) is 13.2. The summed E-state index contributed by atoms with van der Waals surface area (Å²) in [7, 11) is 0. The molecule has 208 valence electrons. The quantitative estimate of drug-likeness (QED) is 0.196. The van der Waals surface area contributed by atoms with E-state index < -0.39 is 29.9 Å². The molecule has 4 rings (SSSR count). The van der Waals surface area contributed by atoms with Crippen molar-refractivity contribution in [2.75, 3.05) is 6.54 Å². The molecule has 0 saturated carbocycles. The van der Waals surface area contributed by atoms with E-state index in [0.29, 0.717) is 5.69 Å². The first-order valence-electron chi connectivity index (χ1n) is 14.9. The molecule has 0 N–H and O–H groups in total. The van der Waals surface area contributed by atoms with Gasteiger partial charge in [-0.3, -0.25) is 0 Å². The van der Waals surface area contributed by atoms with Crippen LogP contribution in [0.25, 0.3) is 5.69 Å². The third kappa shape index (κ3) is 5.71. The Kier molecular flexibility index (Phi) is 9.31. The molecule has 0 radical (unpaired) electrons. The Labute approximate surface area is 233 Å². The van der Waals surface area contributed by atoms with Crippen LogP contribution in [0.3, 0.4) is 0 Å². The molecule has 1 atom stereocenters. The van der Waals surface area contributed by atoms with Gasteiger partial charge in [0, 0.05) is 0 Å². The summed E-state index contributed by atoms with van der Waals surface area (Å²) in [5.41, 5.74) is 2.37. The fraction of sp³-hybridized carbons (Fsp3) is 0.645. The van der Waals surface area contributed by atoms with Gasteiger partial charge < -0.3 is 0 Å². The van der Waals surface area contributed by atoms with E-state index in [9.17, 15) is 9.59 Å². The van der Waals surface area contributed by atoms with Crippen LogP contribution in [0.15, 0.2) is 24.5 Å². The van der Waals surface area contributed by atoms with Crippen LogP contribution in [0.1, 0.15) is 125 Å². The monoisotopic (exact) mass is 629 g/mol. The first kappa shape index (κ1) is 29.2. The Bertz CT molecular complexity index is 1130. The summed E-state index contributed by atoms with van der Waals surface area (Å²) in [6, 6.07) is 6.39. The molecule has 1 fully saturated rings. The Balaban J connectivity index is 1.94. The van der Waals surface area contributed by atoms with Gasteiger partial charge in [0.2, 0.25) is 0 Å². The van der Waals surface area contributed by atoms with Gasteiger partial charge in [0.05, 0.1) is 0 Å². The normalized spacial score (nSPS) is 17.2. The number of aromatic nitrogens is 2. The Hall–Kier alpha value is -1.83. The second-order valence-electron chi connectivity index (χ2n) is 12.3. The van der Waals surface area contributed by atoms with E-state index in [4.69, 9.17) is 4.74 Å². The van der Waals surface area contributed by atoms with Gasteiger partial charge in [-0.15, -0.1) is 0 Å². The number of benzene rings is 1. The van der Waals surface area contributed by atoms with Gasteiger partial charge in [-0.2, -0.15) is 0 Å². The first-order valence-corrected chi connectivity index (χ1v) is 22.4. The number of hydrogen-bond acceptors (Lipinski definition) is 4. The molecule has 1 saturated heterocycles. The van der Waals surface area contributed by atoms with Crippen molar-refractivity contribution in [2.45, 2.75) is 118 Å². The number of rotatable bonds is 11. The predicted octanol–water partition coefficient (Wildman–Crippen LogP) is 7.17. The van der Waals surface area contributed by atoms with Crippen molar-refractivity contribution in [3.05, 3.63) is 41.5 Å². The number of carbonyl (C=O) groups excluding carboxylic acids is 2. The Morgan fingerprint density at radius 2 is 1.68 bits per heavy atom. The van der Waals surface area contributed by atoms with Crippen molar-refractivity contribution in [2.24, 2.45) is 0 Å². The fourth-order valence-corrected chi connectivity index (χ4v) is 23.3. The molecule has 1 aromatic heterocycles. The third-order valence-electron chi connectivity index (χ3n) is 8.34. The molecule has 1 aromatic carbocycles. The molecule has 7 heteroatoms. The zero-order valence-corrected chi connectivity index (χ0v) is 27.3. The van der Waals surface area contributed by atoms with Crippen molar-refractivity contribution in [3.63, 3.8) is 0 Å². The second kappa shape index (κ2) is 12.1. The number of ether oxygens (including phenoxy) is 1. The molecule has 2 aliphatic rings. The summed E-state index contributed by atoms with van der Waals surface area (Å²) in [5.74, 6) is -0.255. The van der Waals surface area contributed by atoms with Crippen LogP contribution in [0, 0.1) is 0 Å². The van der Waals surface area contributed by atoms with Gasteiger partial charge in [-0.1, -0.05) is 0 Å². The zero-order valence-electron chi connectivity index (χ0n) is 24.4. The second-order valence-corrected chi connectivity index (χ2v) is 25.4. The molecular weight excluding hydrogens is 581 g/mol. The van der Waals surface area contributed by atoms with E-state index >= 15 is 0 Å². The Morgan fingerprint density at radius 3 is 2.26 bits per heavy atom. The molecule has 0 bridgehead atoms. The molecule has 0 aliphatic carbocycles. The average Bonchev–Trinajstić information content (AvgIpc) is 3.52. The summed E-state index contributed by atoms with van der Waals surface area (Å²) >= 11 is -2.95. The van der Waals surface area contributed by atoms with Gasteiger partial charge >= 0.3 is 234 Å². The standard InChI is InChI=1S/C19H20N3O3.3C4H9.Sn/c1-19(2,3)25-18(24)15-16-14-9-6-10-21(14)17(23)12-7-4-5-8-13(12)22(16)11-20-15;3*1-3-4-2;/h4-5,8,11,14H,6,9-10H2,1-3H3;3*1,3-4H2,2H3;/t14-;;;;/m1..../s1. The van der Waals surface area contributed by atoms with Crippen molar-refractivity contribution in [1.82, 2.24) is 14.5 Å². The van der Waals surface area contributed by atoms with Crippen LogP contribution in [0.2, 0.25) is 13.3 Å². The fourth-order valence-electron chi connectivity index (χ4n) is 6.52. The SMILES string of the molecule is CCC[CH2][Sn]([CH2]CCC)([CH2]CCC)[c]1cccc2c1C(=O)N1CCC[C@@H]1c1c(C(=O)OC(C)(C)C)ncn1-2. The first-order chi connectivity index (χ1) is 18.2. The van der Waals surface area contributed by atoms with E-state index in [1.807, 2.05) is 25.7 Å². The molecular formula is C31H47N3O3Sn. The number of esters is 1. The maximum absolute atomic E-state index is 14.5. The number of carbonyl (C=O) groups is 2. The summed E-state index contributed by atoms with van der Waals surface area (Å²) in [6.07, 6.45) is 10.8. The minimum atomic E-state index is -2.95. The summed E-state index contributed by atoms with van der Waals surface area (Å²) in [4.78, 5) is 34.4. The van der Waals surface area contributed by atoms with Crippen molar-refractivity contribution < 1.29 is 14.3 Å². The third-order valence-corrected chi connectivity index (χ3v) is 24.0. The number of nitrogens with zero attached hydrogens (tertiary/aromatic N) is 3. The van der Waals surface area contributed by atoms with E-state index in [-0.39, 0.29) is 11.9 Å². The van der Waals surface area contributed by atoms with Gasteiger partial charge in [-0.25, -0.2) is 0 Å². The number of unbranched alkanes of at least 4 members (excludes halogenated alkanes) is 3. The van der Waals surface area contributed by atoms with Gasteiger partial charge in [-0.05, 0) is 0 Å². The van der Waals surface area contributed by atoms with Gasteiger partial charge in [0.1, 0.15) is 0 Å². The van der Waals surface area contributed by atoms with Crippen molar-refractivity contribution >= 4 is 33.8 Å². The van der Waals surface area contributed by atoms with Crippen LogP contribution in [-0.4, -0.2) is 56.9 Å². The number of imidazole rings is 1. The molecule has 2 aromatic rings. The van der Waals surface area contributed by atoms with Gasteiger partial charge in [0.15, 0.2) is 0 Å². The average molecular weight is 628 g/mol. The van der Waals surface area contributed by atoms with Crippen molar-refractivity contribution in [3.8, 4) is 5.69 Å². The van der Waals surface area contributed by atoms with Crippen LogP contribution < -0.4 is 3.58 Å². The topological polar surface area (TPSA) is 64.4 Å². The minimum absolute atomic E-state index is 0.153. The van der Waals surface area contributed by atoms with E-state index in [2.05, 4.69) is 48.5 Å². The number of fused-ring (bicyclic) bond motifs is 5. The molecule has 1 amide bonds. The summed E-state index contributed by atoms with van der Waals surface area (Å²) < 4.78 is 13.1. The predicted molar refractivity (Wildman–Crippen MR) is 156 cm³/mol. The zero-order chi connectivity index (χ0) is 27.5. The number of hydrogen-bond donors (Lipinski definition) is 0. The van der Waals surface area contributed by atoms with E-state index in [1.54, 1.807) is 6.33 Å². The summed E-state index contributed by atoms with van der Waals surface area (Å²) in [5, 5.41) is 0. The Morgan fingerprint density at radius 1 is 1.05 bits per heavy atom. The maximum atomic E-state index is 14.5. The molecule has 0 unspecified atom stereocenters. The number of amides is 1. The van der Waals surface area contributed by atoms with Crippen molar-refractivity contribution in [1.29, 1.82) is 0 Å². The molecule has 3 heterocycles. The molecule has 0 spiro atoms. The van der Waals surface area contributed by atoms with Gasteiger partial charge in [0.25, 0.3) is 0 Å².